The van der Waals surface area contributed by atoms with E-state index in [4.69, 9.17) is 4.74 Å². The van der Waals surface area contributed by atoms with Crippen LogP contribution in [0.15, 0.2) is 49.1 Å². The highest BCUT2D eigenvalue weighted by molar-refractivity contribution is 6.03. The number of ether oxygens (including phenoxy) is 1. The van der Waals surface area contributed by atoms with Crippen molar-refractivity contribution in [3.05, 3.63) is 54.7 Å². The number of hydrogen-bond donors (Lipinski definition) is 2. The minimum Gasteiger partial charge on any atom is -0.489 e. The Morgan fingerprint density at radius 2 is 2.04 bits per heavy atom. The first-order valence-corrected chi connectivity index (χ1v) is 7.35. The molecule has 0 radical (unpaired) electrons. The summed E-state index contributed by atoms with van der Waals surface area (Å²) in [5.41, 5.74) is 0.829. The van der Waals surface area contributed by atoms with Crippen molar-refractivity contribution in [3.63, 3.8) is 0 Å². The average Bonchev–Trinajstić information content (AvgIpc) is 2.54. The zero-order valence-corrected chi connectivity index (χ0v) is 13.2. The highest BCUT2D eigenvalue weighted by atomic mass is 16.5. The van der Waals surface area contributed by atoms with Gasteiger partial charge in [0.05, 0.1) is 11.8 Å². The largest absolute Gasteiger partial charge is 0.489 e. The molecule has 0 aliphatic heterocycles. The Hall–Kier alpha value is -2.89. The van der Waals surface area contributed by atoms with Gasteiger partial charge in [0.25, 0.3) is 5.91 Å². The van der Waals surface area contributed by atoms with Crippen LogP contribution in [0.1, 0.15) is 24.3 Å². The lowest BCUT2D eigenvalue weighted by atomic mass is 10.2. The molecular weight excluding hydrogens is 292 g/mol. The van der Waals surface area contributed by atoms with Crippen LogP contribution in [-0.4, -0.2) is 28.8 Å². The third kappa shape index (κ3) is 4.81. The van der Waals surface area contributed by atoms with E-state index in [1.54, 1.807) is 24.3 Å². The summed E-state index contributed by atoms with van der Waals surface area (Å²) in [6, 6.07) is 10.6. The van der Waals surface area contributed by atoms with Gasteiger partial charge in [-0.3, -0.25) is 4.79 Å². The second-order valence-corrected chi connectivity index (χ2v) is 5.09. The number of nitrogens with one attached hydrogen (secondary N) is 2. The molecule has 0 bridgehead atoms. The number of carbonyl (C=O) groups excluding carboxylic acids is 1. The van der Waals surface area contributed by atoms with E-state index in [1.807, 2.05) is 32.0 Å². The molecule has 2 aromatic rings. The van der Waals surface area contributed by atoms with Crippen LogP contribution < -0.4 is 15.4 Å². The number of rotatable bonds is 7. The van der Waals surface area contributed by atoms with Gasteiger partial charge in [-0.15, -0.1) is 16.8 Å². The summed E-state index contributed by atoms with van der Waals surface area (Å²) in [6.07, 6.45) is 1.73. The minimum absolute atomic E-state index is 0.0167. The molecule has 0 fully saturated rings. The maximum Gasteiger partial charge on any atom is 0.276 e. The van der Waals surface area contributed by atoms with Crippen molar-refractivity contribution in [1.29, 1.82) is 0 Å². The first kappa shape index (κ1) is 16.5. The molecule has 6 nitrogen and oxygen atoms in total. The SMILES string of the molecule is C=CCNc1ccc(C(=O)Nc2ccccc2OC(C)C)nn1. The van der Waals surface area contributed by atoms with E-state index in [1.165, 1.54) is 0 Å². The number of hydrogen-bond acceptors (Lipinski definition) is 5. The molecule has 0 aliphatic carbocycles. The number of carbonyl (C=O) groups is 1. The lowest BCUT2D eigenvalue weighted by molar-refractivity contribution is 0.102. The molecule has 0 saturated heterocycles. The van der Waals surface area contributed by atoms with Crippen molar-refractivity contribution in [2.24, 2.45) is 0 Å². The number of nitrogens with zero attached hydrogens (tertiary/aromatic N) is 2. The summed E-state index contributed by atoms with van der Waals surface area (Å²) in [5, 5.41) is 13.7. The number of aromatic nitrogens is 2. The van der Waals surface area contributed by atoms with Crippen molar-refractivity contribution in [2.75, 3.05) is 17.2 Å². The Bertz CT molecular complexity index is 669. The van der Waals surface area contributed by atoms with Gasteiger partial charge in [-0.1, -0.05) is 18.2 Å². The van der Waals surface area contributed by atoms with Crippen LogP contribution in [-0.2, 0) is 0 Å². The molecule has 23 heavy (non-hydrogen) atoms. The first-order chi connectivity index (χ1) is 11.1. The number of benzene rings is 1. The maximum absolute atomic E-state index is 12.3. The van der Waals surface area contributed by atoms with Crippen LogP contribution in [0.4, 0.5) is 11.5 Å². The normalized spacial score (nSPS) is 10.2. The lowest BCUT2D eigenvalue weighted by Crippen LogP contribution is -2.16. The standard InChI is InChI=1S/C17H20N4O2/c1-4-11-18-16-10-9-14(20-21-16)17(22)19-13-7-5-6-8-15(13)23-12(2)3/h4-10,12H,1,11H2,2-3H3,(H,18,21)(H,19,22). The zero-order chi connectivity index (χ0) is 16.7. The van der Waals surface area contributed by atoms with E-state index in [2.05, 4.69) is 27.4 Å². The smallest absolute Gasteiger partial charge is 0.276 e. The molecule has 120 valence electrons. The first-order valence-electron chi connectivity index (χ1n) is 7.35. The summed E-state index contributed by atoms with van der Waals surface area (Å²) in [7, 11) is 0. The van der Waals surface area contributed by atoms with Crippen molar-refractivity contribution < 1.29 is 9.53 Å². The van der Waals surface area contributed by atoms with Gasteiger partial charge in [-0.05, 0) is 38.1 Å². The van der Waals surface area contributed by atoms with Crippen molar-refractivity contribution in [3.8, 4) is 5.75 Å². The quantitative estimate of drug-likeness (QED) is 0.768. The highest BCUT2D eigenvalue weighted by Gasteiger charge is 2.12. The van der Waals surface area contributed by atoms with Crippen LogP contribution in [0.2, 0.25) is 0 Å². The van der Waals surface area contributed by atoms with Crippen molar-refractivity contribution in [2.45, 2.75) is 20.0 Å². The second kappa shape index (κ2) is 7.93. The van der Waals surface area contributed by atoms with Gasteiger partial charge in [0, 0.05) is 6.54 Å². The molecule has 2 N–H and O–H groups in total. The molecule has 1 aromatic carbocycles. The van der Waals surface area contributed by atoms with E-state index in [9.17, 15) is 4.79 Å². The molecule has 1 amide bonds. The summed E-state index contributed by atoms with van der Waals surface area (Å²) in [4.78, 5) is 12.3. The minimum atomic E-state index is -0.340. The molecule has 0 unspecified atom stereocenters. The summed E-state index contributed by atoms with van der Waals surface area (Å²) >= 11 is 0. The van der Waals surface area contributed by atoms with Crippen LogP contribution in [0, 0.1) is 0 Å². The lowest BCUT2D eigenvalue weighted by Gasteiger charge is -2.14. The van der Waals surface area contributed by atoms with Crippen LogP contribution >= 0.6 is 0 Å². The Morgan fingerprint density at radius 3 is 2.70 bits per heavy atom. The van der Waals surface area contributed by atoms with E-state index in [0.717, 1.165) is 0 Å². The van der Waals surface area contributed by atoms with Crippen LogP contribution in [0.3, 0.4) is 0 Å². The molecule has 1 heterocycles. The number of anilines is 2. The molecule has 0 spiro atoms. The molecule has 2 rings (SSSR count). The number of amides is 1. The zero-order valence-electron chi connectivity index (χ0n) is 13.2. The third-order valence-corrected chi connectivity index (χ3v) is 2.82. The predicted molar refractivity (Wildman–Crippen MR) is 90.9 cm³/mol. The van der Waals surface area contributed by atoms with E-state index >= 15 is 0 Å². The molecule has 6 heteroatoms. The Morgan fingerprint density at radius 1 is 1.26 bits per heavy atom. The predicted octanol–water partition coefficient (Wildman–Crippen LogP) is 3.11. The van der Waals surface area contributed by atoms with Crippen molar-refractivity contribution in [1.82, 2.24) is 10.2 Å². The highest BCUT2D eigenvalue weighted by Crippen LogP contribution is 2.25. The van der Waals surface area contributed by atoms with Gasteiger partial charge in [0.2, 0.25) is 0 Å². The van der Waals surface area contributed by atoms with Gasteiger partial charge < -0.3 is 15.4 Å². The van der Waals surface area contributed by atoms with E-state index in [0.29, 0.717) is 23.8 Å². The van der Waals surface area contributed by atoms with Crippen LogP contribution in [0.5, 0.6) is 5.75 Å². The van der Waals surface area contributed by atoms with Gasteiger partial charge in [0.1, 0.15) is 11.6 Å². The maximum atomic E-state index is 12.3. The Balaban J connectivity index is 2.08. The molecule has 0 atom stereocenters. The molecular formula is C17H20N4O2. The Kier molecular flexibility index (Phi) is 5.68. The summed E-state index contributed by atoms with van der Waals surface area (Å²) < 4.78 is 5.68. The summed E-state index contributed by atoms with van der Waals surface area (Å²) in [5.74, 6) is 0.866. The second-order valence-electron chi connectivity index (χ2n) is 5.09. The van der Waals surface area contributed by atoms with Gasteiger partial charge in [-0.2, -0.15) is 0 Å². The average molecular weight is 312 g/mol. The molecule has 1 aromatic heterocycles. The van der Waals surface area contributed by atoms with Gasteiger partial charge in [-0.25, -0.2) is 0 Å². The third-order valence-electron chi connectivity index (χ3n) is 2.82. The van der Waals surface area contributed by atoms with Gasteiger partial charge in [0.15, 0.2) is 5.69 Å². The monoisotopic (exact) mass is 312 g/mol. The van der Waals surface area contributed by atoms with E-state index in [-0.39, 0.29) is 17.7 Å². The van der Waals surface area contributed by atoms with Gasteiger partial charge >= 0.3 is 0 Å². The Labute approximate surface area is 135 Å². The fourth-order valence-electron chi connectivity index (χ4n) is 1.84. The van der Waals surface area contributed by atoms with Crippen LogP contribution in [0.25, 0.3) is 0 Å². The summed E-state index contributed by atoms with van der Waals surface area (Å²) in [6.45, 7) is 8.05. The molecule has 0 saturated carbocycles. The molecule has 0 aliphatic rings. The number of para-hydroxylation sites is 2. The van der Waals surface area contributed by atoms with E-state index < -0.39 is 0 Å². The van der Waals surface area contributed by atoms with Crippen molar-refractivity contribution >= 4 is 17.4 Å². The fraction of sp³-hybridized carbons (Fsp3) is 0.235. The topological polar surface area (TPSA) is 76.1 Å². The fourth-order valence-corrected chi connectivity index (χ4v) is 1.84.